The number of hydrogen-bond acceptors (Lipinski definition) is 4. The van der Waals surface area contributed by atoms with Gasteiger partial charge in [-0.3, -0.25) is 0 Å². The van der Waals surface area contributed by atoms with Gasteiger partial charge in [-0.15, -0.1) is 0 Å². The topological polar surface area (TPSA) is 66.4 Å². The van der Waals surface area contributed by atoms with Crippen LogP contribution in [0.25, 0.3) is 0 Å². The standard InChI is InChI=1S/C36H54O4S.Na/c1-29(2)14-8-15-30(3)16-9-17-31(4)18-10-19-32(5)20-11-21-33(6)22-12-23-34(7)26-27-35-24-13-25-36(28-35)40-41(37,38)39;/h13-14,16,18,20,22,24-26,28H,8-12,15,17,19,21,23,27H2,1-7H3,(H,37,38,39);/q;+1/p-1/b30-16+,31-18+,32-20+,33-22+,34-26+;. The molecule has 0 aliphatic carbocycles. The molecular weight excluding hydrogens is 551 g/mol. The van der Waals surface area contributed by atoms with Crippen molar-refractivity contribution >= 4 is 10.4 Å². The number of benzene rings is 1. The first-order valence-corrected chi connectivity index (χ1v) is 16.3. The molecule has 1 aromatic rings. The molecule has 6 heteroatoms. The zero-order valence-electron chi connectivity index (χ0n) is 27.6. The third-order valence-corrected chi connectivity index (χ3v) is 7.40. The second-order valence-corrected chi connectivity index (χ2v) is 12.6. The summed E-state index contributed by atoms with van der Waals surface area (Å²) in [5.74, 6) is 0.0536. The molecule has 0 aliphatic heterocycles. The Morgan fingerprint density at radius 2 is 1.02 bits per heavy atom. The molecular formula is C36H53NaO4S. The molecule has 0 saturated carbocycles. The summed E-state index contributed by atoms with van der Waals surface area (Å²) in [7, 11) is -4.75. The van der Waals surface area contributed by atoms with Crippen molar-refractivity contribution in [3.63, 3.8) is 0 Å². The number of allylic oxidation sites excluding steroid dienone is 12. The fraction of sp³-hybridized carbons (Fsp3) is 0.500. The molecule has 0 unspecified atom stereocenters. The summed E-state index contributed by atoms with van der Waals surface area (Å²) in [6, 6.07) is 6.63. The van der Waals surface area contributed by atoms with Gasteiger partial charge in [0.05, 0.1) is 0 Å². The van der Waals surface area contributed by atoms with Gasteiger partial charge in [-0.05, 0) is 137 Å². The van der Waals surface area contributed by atoms with Crippen LogP contribution in [0.2, 0.25) is 0 Å². The van der Waals surface area contributed by atoms with Gasteiger partial charge in [0.1, 0.15) is 5.75 Å². The van der Waals surface area contributed by atoms with Crippen LogP contribution in [-0.2, 0) is 16.8 Å². The Morgan fingerprint density at radius 3 is 1.40 bits per heavy atom. The van der Waals surface area contributed by atoms with E-state index in [4.69, 9.17) is 0 Å². The Kier molecular flexibility index (Phi) is 22.0. The molecule has 0 amide bonds. The Morgan fingerprint density at radius 1 is 0.643 bits per heavy atom. The van der Waals surface area contributed by atoms with Crippen molar-refractivity contribution in [2.75, 3.05) is 0 Å². The van der Waals surface area contributed by atoms with Gasteiger partial charge in [-0.25, -0.2) is 8.42 Å². The van der Waals surface area contributed by atoms with Crippen molar-refractivity contribution in [1.29, 1.82) is 0 Å². The van der Waals surface area contributed by atoms with E-state index >= 15 is 0 Å². The molecule has 0 aliphatic rings. The van der Waals surface area contributed by atoms with Crippen molar-refractivity contribution in [3.8, 4) is 5.75 Å². The zero-order valence-corrected chi connectivity index (χ0v) is 30.4. The third kappa shape index (κ3) is 22.9. The molecule has 4 nitrogen and oxygen atoms in total. The Hall–Kier alpha value is -1.63. The molecule has 228 valence electrons. The van der Waals surface area contributed by atoms with Crippen molar-refractivity contribution in [2.24, 2.45) is 0 Å². The second-order valence-electron chi connectivity index (χ2n) is 11.6. The van der Waals surface area contributed by atoms with Crippen LogP contribution in [0.3, 0.4) is 0 Å². The molecule has 0 heterocycles. The summed E-state index contributed by atoms with van der Waals surface area (Å²) in [5, 5.41) is 0. The van der Waals surface area contributed by atoms with Crippen LogP contribution >= 0.6 is 0 Å². The van der Waals surface area contributed by atoms with E-state index in [2.05, 4.69) is 89.1 Å². The normalized spacial score (nSPS) is 13.6. The summed E-state index contributed by atoms with van der Waals surface area (Å²) >= 11 is 0. The minimum absolute atomic E-state index is 0. The van der Waals surface area contributed by atoms with Gasteiger partial charge in [0.25, 0.3) is 10.4 Å². The molecule has 0 spiro atoms. The van der Waals surface area contributed by atoms with Crippen molar-refractivity contribution in [1.82, 2.24) is 0 Å². The van der Waals surface area contributed by atoms with E-state index in [1.165, 1.54) is 45.9 Å². The Balaban J connectivity index is 0.0000168. The van der Waals surface area contributed by atoms with Crippen molar-refractivity contribution in [3.05, 3.63) is 99.7 Å². The molecule has 0 fully saturated rings. The molecule has 1 rings (SSSR count). The molecule has 1 aromatic carbocycles. The van der Waals surface area contributed by atoms with Crippen LogP contribution in [0.4, 0.5) is 0 Å². The predicted molar refractivity (Wildman–Crippen MR) is 175 cm³/mol. The van der Waals surface area contributed by atoms with Gasteiger partial charge in [0, 0.05) is 0 Å². The zero-order chi connectivity index (χ0) is 30.7. The quantitative estimate of drug-likeness (QED) is 0.0703. The predicted octanol–water partition coefficient (Wildman–Crippen LogP) is 7.67. The molecule has 0 N–H and O–H groups in total. The number of hydrogen-bond donors (Lipinski definition) is 0. The maximum atomic E-state index is 10.8. The number of rotatable bonds is 19. The SMILES string of the molecule is CC(C)=CCC/C(C)=C/CC/C(C)=C/CC/C(C)=C/CC/C(C)=C/CC/C(C)=C/Cc1cccc(OS(=O)(=O)[O-])c1.[Na+]. The maximum absolute atomic E-state index is 10.8. The first-order chi connectivity index (χ1) is 19.3. The largest absolute Gasteiger partial charge is 1.00 e. The van der Waals surface area contributed by atoms with E-state index in [0.29, 0.717) is 6.42 Å². The fourth-order valence-electron chi connectivity index (χ4n) is 4.42. The third-order valence-electron chi connectivity index (χ3n) is 7.00. The molecule has 0 atom stereocenters. The van der Waals surface area contributed by atoms with E-state index in [1.807, 2.05) is 6.07 Å². The van der Waals surface area contributed by atoms with Crippen LogP contribution in [0, 0.1) is 0 Å². The average Bonchev–Trinajstić information content (AvgIpc) is 2.86. The van der Waals surface area contributed by atoms with Gasteiger partial charge in [-0.1, -0.05) is 82.0 Å². The van der Waals surface area contributed by atoms with E-state index < -0.39 is 10.4 Å². The summed E-state index contributed by atoms with van der Waals surface area (Å²) in [6.45, 7) is 15.4. The van der Waals surface area contributed by atoms with Crippen molar-refractivity contribution in [2.45, 2.75) is 119 Å². The summed E-state index contributed by atoms with van der Waals surface area (Å²) in [6.07, 6.45) is 25.7. The fourth-order valence-corrected chi connectivity index (χ4v) is 4.76. The minimum atomic E-state index is -4.75. The van der Waals surface area contributed by atoms with E-state index in [1.54, 1.807) is 12.1 Å². The second kappa shape index (κ2) is 22.8. The summed E-state index contributed by atoms with van der Waals surface area (Å²) in [5.41, 5.74) is 9.47. The van der Waals surface area contributed by atoms with Crippen molar-refractivity contribution < 1.29 is 46.7 Å². The first-order valence-electron chi connectivity index (χ1n) is 15.0. The van der Waals surface area contributed by atoms with Crippen LogP contribution in [0.5, 0.6) is 5.75 Å². The Bertz CT molecular complexity index is 1230. The van der Waals surface area contributed by atoms with Crippen LogP contribution in [-0.4, -0.2) is 13.0 Å². The summed E-state index contributed by atoms with van der Waals surface area (Å²) < 4.78 is 36.8. The van der Waals surface area contributed by atoms with Crippen LogP contribution in [0.15, 0.2) is 94.2 Å². The smallest absolute Gasteiger partial charge is 0.716 e. The van der Waals surface area contributed by atoms with Gasteiger partial charge in [0.15, 0.2) is 0 Å². The van der Waals surface area contributed by atoms with Gasteiger partial charge >= 0.3 is 29.6 Å². The molecule has 0 radical (unpaired) electrons. The van der Waals surface area contributed by atoms with E-state index in [9.17, 15) is 13.0 Å². The summed E-state index contributed by atoms with van der Waals surface area (Å²) in [4.78, 5) is 0. The van der Waals surface area contributed by atoms with Gasteiger partial charge < -0.3 is 8.74 Å². The first kappa shape index (κ1) is 40.4. The monoisotopic (exact) mass is 604 g/mol. The average molecular weight is 605 g/mol. The molecule has 42 heavy (non-hydrogen) atoms. The van der Waals surface area contributed by atoms with Gasteiger partial charge in [-0.2, -0.15) is 0 Å². The van der Waals surface area contributed by atoms with Crippen LogP contribution in [0.1, 0.15) is 118 Å². The van der Waals surface area contributed by atoms with E-state index in [0.717, 1.165) is 63.4 Å². The van der Waals surface area contributed by atoms with Gasteiger partial charge in [0.2, 0.25) is 0 Å². The Labute approximate surface area is 280 Å². The minimum Gasteiger partial charge on any atom is -0.716 e. The molecule has 0 aromatic heterocycles. The molecule has 0 saturated heterocycles. The molecule has 0 bridgehead atoms. The maximum Gasteiger partial charge on any atom is 1.00 e. The van der Waals surface area contributed by atoms with Crippen LogP contribution < -0.4 is 33.7 Å². The van der Waals surface area contributed by atoms with E-state index in [-0.39, 0.29) is 35.3 Å².